The Hall–Kier alpha value is -2.87. The quantitative estimate of drug-likeness (QED) is 0.752. The monoisotopic (exact) mass is 331 g/mol. The first-order valence-corrected chi connectivity index (χ1v) is 8.16. The van der Waals surface area contributed by atoms with Gasteiger partial charge in [-0.1, -0.05) is 30.3 Å². The van der Waals surface area contributed by atoms with Gasteiger partial charge in [0.25, 0.3) is 10.0 Å². The molecule has 0 aliphatic carbocycles. The van der Waals surface area contributed by atoms with Gasteiger partial charge in [0.15, 0.2) is 0 Å². The minimum absolute atomic E-state index is 0.0101. The fraction of sp³-hybridized carbons (Fsp3) is 0.0667. The number of rotatable bonds is 4. The second-order valence-electron chi connectivity index (χ2n) is 4.91. The summed E-state index contributed by atoms with van der Waals surface area (Å²) in [6, 6.07) is 14.0. The summed E-state index contributed by atoms with van der Waals surface area (Å²) in [6.07, 6.45) is 0. The Kier molecular flexibility index (Phi) is 3.53. The molecule has 0 bridgehead atoms. The zero-order chi connectivity index (χ0) is 16.6. The van der Waals surface area contributed by atoms with Crippen molar-refractivity contribution in [3.05, 3.63) is 65.1 Å². The third-order valence-corrected chi connectivity index (χ3v) is 5.09. The Bertz CT molecular complexity index is 1050. The molecule has 0 saturated carbocycles. The molecule has 118 valence electrons. The zero-order valence-electron chi connectivity index (χ0n) is 11.9. The number of hydrogen-bond donors (Lipinski definition) is 1. The molecule has 8 heteroatoms. The normalized spacial score (nSPS) is 11.7. The predicted molar refractivity (Wildman–Crippen MR) is 84.4 cm³/mol. The average molecular weight is 331 g/mol. The Morgan fingerprint density at radius 2 is 1.52 bits per heavy atom. The van der Waals surface area contributed by atoms with Crippen LogP contribution >= 0.6 is 0 Å². The lowest BCUT2D eigenvalue weighted by Crippen LogP contribution is -2.32. The van der Waals surface area contributed by atoms with Gasteiger partial charge in [-0.15, -0.1) is 0 Å². The second-order valence-corrected chi connectivity index (χ2v) is 6.69. The largest absolute Gasteiger partial charge is 0.368 e. The van der Waals surface area contributed by atoms with Crippen molar-refractivity contribution < 1.29 is 13.2 Å². The van der Waals surface area contributed by atoms with Gasteiger partial charge in [-0.25, -0.2) is 13.2 Å². The lowest BCUT2D eigenvalue weighted by atomic mass is 10.3. The Morgan fingerprint density at radius 3 is 2.13 bits per heavy atom. The lowest BCUT2D eigenvalue weighted by Gasteiger charge is -2.05. The number of carbonyl (C=O) groups is 1. The van der Waals surface area contributed by atoms with E-state index in [1.807, 2.05) is 0 Å². The molecular formula is C15H13N3O4S. The van der Waals surface area contributed by atoms with Gasteiger partial charge < -0.3 is 5.73 Å². The topological polar surface area (TPSA) is 104 Å². The molecule has 2 N–H and O–H groups in total. The first kappa shape index (κ1) is 15.0. The van der Waals surface area contributed by atoms with Crippen LogP contribution in [0.2, 0.25) is 0 Å². The van der Waals surface area contributed by atoms with Crippen molar-refractivity contribution in [2.45, 2.75) is 11.4 Å². The minimum atomic E-state index is -4.08. The maximum Gasteiger partial charge on any atom is 0.343 e. The number of imidazole rings is 1. The number of aromatic nitrogens is 2. The Morgan fingerprint density at radius 1 is 0.957 bits per heavy atom. The lowest BCUT2D eigenvalue weighted by molar-refractivity contribution is -0.118. The van der Waals surface area contributed by atoms with Crippen molar-refractivity contribution in [1.29, 1.82) is 0 Å². The van der Waals surface area contributed by atoms with Gasteiger partial charge in [-0.2, -0.15) is 3.97 Å². The second kappa shape index (κ2) is 5.40. The molecule has 2 aromatic carbocycles. The summed E-state index contributed by atoms with van der Waals surface area (Å²) < 4.78 is 27.4. The standard InChI is InChI=1S/C15H13N3O4S/c16-14(19)10-17-12-8-4-5-9-13(12)18(15(17)20)23(21,22)11-6-2-1-3-7-11/h1-9H,10H2,(H2,16,19). The van der Waals surface area contributed by atoms with Crippen LogP contribution in [0.3, 0.4) is 0 Å². The summed E-state index contributed by atoms with van der Waals surface area (Å²) in [5.41, 5.74) is 4.86. The van der Waals surface area contributed by atoms with Crippen molar-refractivity contribution in [3.63, 3.8) is 0 Å². The van der Waals surface area contributed by atoms with Crippen molar-refractivity contribution in [3.8, 4) is 0 Å². The van der Waals surface area contributed by atoms with E-state index < -0.39 is 28.2 Å². The highest BCUT2D eigenvalue weighted by Gasteiger charge is 2.25. The van der Waals surface area contributed by atoms with Crippen LogP contribution in [0.1, 0.15) is 0 Å². The molecule has 0 unspecified atom stereocenters. The molecule has 3 aromatic rings. The summed E-state index contributed by atoms with van der Waals surface area (Å²) in [5, 5.41) is 0. The van der Waals surface area contributed by atoms with E-state index in [-0.39, 0.29) is 10.4 Å². The molecular weight excluding hydrogens is 318 g/mol. The summed E-state index contributed by atoms with van der Waals surface area (Å²) in [5.74, 6) is -0.730. The number of amides is 1. The number of hydrogen-bond acceptors (Lipinski definition) is 4. The van der Waals surface area contributed by atoms with Crippen molar-refractivity contribution in [2.24, 2.45) is 5.73 Å². The van der Waals surface area contributed by atoms with Crippen molar-refractivity contribution in [2.75, 3.05) is 0 Å². The third kappa shape index (κ3) is 2.42. The van der Waals surface area contributed by atoms with E-state index in [9.17, 15) is 18.0 Å². The van der Waals surface area contributed by atoms with Crippen molar-refractivity contribution in [1.82, 2.24) is 8.54 Å². The predicted octanol–water partition coefficient (Wildman–Crippen LogP) is 0.525. The maximum atomic E-state index is 12.8. The molecule has 0 fully saturated rings. The van der Waals surface area contributed by atoms with Crippen LogP contribution in [0.15, 0.2) is 64.3 Å². The molecule has 1 heterocycles. The van der Waals surface area contributed by atoms with E-state index in [0.29, 0.717) is 9.49 Å². The minimum Gasteiger partial charge on any atom is -0.368 e. The van der Waals surface area contributed by atoms with Crippen LogP contribution in [-0.4, -0.2) is 22.9 Å². The Balaban J connectivity index is 2.37. The Labute approximate surface area is 131 Å². The van der Waals surface area contributed by atoms with Gasteiger partial charge >= 0.3 is 5.69 Å². The van der Waals surface area contributed by atoms with Gasteiger partial charge in [-0.05, 0) is 24.3 Å². The fourth-order valence-electron chi connectivity index (χ4n) is 2.42. The van der Waals surface area contributed by atoms with Gasteiger partial charge in [0.05, 0.1) is 15.9 Å². The van der Waals surface area contributed by atoms with Crippen molar-refractivity contribution >= 4 is 27.0 Å². The summed E-state index contributed by atoms with van der Waals surface area (Å²) >= 11 is 0. The number of benzene rings is 2. The molecule has 0 aliphatic rings. The molecule has 3 rings (SSSR count). The van der Waals surface area contributed by atoms with Gasteiger partial charge in [0.1, 0.15) is 6.54 Å². The molecule has 0 spiro atoms. The molecule has 1 aromatic heterocycles. The van der Waals surface area contributed by atoms with E-state index in [2.05, 4.69) is 0 Å². The number of nitrogens with two attached hydrogens (primary N) is 1. The molecule has 23 heavy (non-hydrogen) atoms. The number of nitrogens with zero attached hydrogens (tertiary/aromatic N) is 2. The molecule has 0 atom stereocenters. The molecule has 0 radical (unpaired) electrons. The van der Waals surface area contributed by atoms with Crippen LogP contribution in [0.5, 0.6) is 0 Å². The van der Waals surface area contributed by atoms with Crippen LogP contribution in [0.25, 0.3) is 11.0 Å². The third-order valence-electron chi connectivity index (χ3n) is 3.39. The molecule has 7 nitrogen and oxygen atoms in total. The van der Waals surface area contributed by atoms with E-state index in [4.69, 9.17) is 5.73 Å². The number of fused-ring (bicyclic) bond motifs is 1. The number of para-hydroxylation sites is 2. The molecule has 0 saturated heterocycles. The highest BCUT2D eigenvalue weighted by Crippen LogP contribution is 2.19. The highest BCUT2D eigenvalue weighted by atomic mass is 32.2. The van der Waals surface area contributed by atoms with E-state index in [0.717, 1.165) is 4.57 Å². The SMILES string of the molecule is NC(=O)Cn1c(=O)n(S(=O)(=O)c2ccccc2)c2ccccc21. The van der Waals surface area contributed by atoms with E-state index >= 15 is 0 Å². The molecule has 1 amide bonds. The summed E-state index contributed by atoms with van der Waals surface area (Å²) in [6.45, 7) is -0.392. The highest BCUT2D eigenvalue weighted by molar-refractivity contribution is 7.90. The van der Waals surface area contributed by atoms with E-state index in [1.165, 1.54) is 18.2 Å². The maximum absolute atomic E-state index is 12.8. The fourth-order valence-corrected chi connectivity index (χ4v) is 3.85. The van der Waals surface area contributed by atoms with Crippen LogP contribution in [0, 0.1) is 0 Å². The smallest absolute Gasteiger partial charge is 0.343 e. The van der Waals surface area contributed by atoms with Gasteiger partial charge in [0.2, 0.25) is 5.91 Å². The van der Waals surface area contributed by atoms with Gasteiger partial charge in [0, 0.05) is 0 Å². The number of primary amides is 1. The van der Waals surface area contributed by atoms with E-state index in [1.54, 1.807) is 36.4 Å². The molecule has 0 aliphatic heterocycles. The number of carbonyl (C=O) groups excluding carboxylic acids is 1. The van der Waals surface area contributed by atoms with Crippen LogP contribution in [-0.2, 0) is 21.4 Å². The van der Waals surface area contributed by atoms with Crippen LogP contribution < -0.4 is 11.4 Å². The van der Waals surface area contributed by atoms with Crippen LogP contribution in [0.4, 0.5) is 0 Å². The average Bonchev–Trinajstić information content (AvgIpc) is 2.81. The summed E-state index contributed by atoms with van der Waals surface area (Å²) in [7, 11) is -4.08. The van der Waals surface area contributed by atoms with Gasteiger partial charge in [-0.3, -0.25) is 9.36 Å². The first-order chi connectivity index (χ1) is 10.9. The summed E-state index contributed by atoms with van der Waals surface area (Å²) in [4.78, 5) is 23.8. The first-order valence-electron chi connectivity index (χ1n) is 6.72. The zero-order valence-corrected chi connectivity index (χ0v) is 12.7.